The molecular weight excluding hydrogens is 514 g/mol. The molecule has 2 heterocycles. The minimum Gasteiger partial charge on any atom is -0.550 e. The van der Waals surface area contributed by atoms with E-state index in [1.807, 2.05) is 13.8 Å². The number of aliphatic hydroxyl groups is 2. The van der Waals surface area contributed by atoms with Crippen LogP contribution in [0.15, 0.2) is 30.3 Å². The normalized spacial score (nSPS) is 15.7. The van der Waals surface area contributed by atoms with Gasteiger partial charge in [-0.2, -0.15) is 0 Å². The molecule has 2 N–H and O–H groups in total. The number of carboxylic acid groups (broad SMARTS) is 1. The van der Waals surface area contributed by atoms with Crippen molar-refractivity contribution in [2.45, 2.75) is 51.4 Å². The molecule has 0 amide bonds. The summed E-state index contributed by atoms with van der Waals surface area (Å²) in [5.41, 5.74) is 2.80. The van der Waals surface area contributed by atoms with Crippen molar-refractivity contribution in [1.29, 1.82) is 0 Å². The first kappa shape index (κ1) is 31.4. The molecule has 0 aliphatic carbocycles. The Labute approximate surface area is 238 Å². The largest absolute Gasteiger partial charge is 1.00 e. The number of aliphatic carboxylic acids is 1. The molecule has 0 fully saturated rings. The second kappa shape index (κ2) is 13.3. The van der Waals surface area contributed by atoms with Gasteiger partial charge in [0.1, 0.15) is 11.6 Å². The molecule has 196 valence electrons. The molecule has 37 heavy (non-hydrogen) atoms. The van der Waals surface area contributed by atoms with Gasteiger partial charge in [-0.15, -0.1) is 0 Å². The number of rotatable bonds is 9. The predicted molar refractivity (Wildman–Crippen MR) is 131 cm³/mol. The molecule has 2 aromatic rings. The first-order chi connectivity index (χ1) is 16.9. The zero-order valence-corrected chi connectivity index (χ0v) is 24.2. The number of nitrogens with zero attached hydrogens (tertiary/aromatic N) is 2. The minimum absolute atomic E-state index is 0. The van der Waals surface area contributed by atoms with Crippen molar-refractivity contribution in [3.63, 3.8) is 0 Å². The summed E-state index contributed by atoms with van der Waals surface area (Å²) in [6, 6.07) is 5.73. The molecule has 0 unspecified atom stereocenters. The maximum absolute atomic E-state index is 13.8. The van der Waals surface area contributed by atoms with Crippen LogP contribution in [0.1, 0.15) is 49.4 Å². The summed E-state index contributed by atoms with van der Waals surface area (Å²) in [7, 11) is -3.68. The number of aromatic nitrogens is 1. The summed E-state index contributed by atoms with van der Waals surface area (Å²) in [5.74, 6) is -1.79. The van der Waals surface area contributed by atoms with E-state index in [1.54, 1.807) is 18.2 Å². The Kier molecular flexibility index (Phi) is 11.3. The fourth-order valence-corrected chi connectivity index (χ4v) is 5.00. The molecule has 0 spiro atoms. The van der Waals surface area contributed by atoms with Crippen LogP contribution in [0, 0.1) is 5.82 Å². The van der Waals surface area contributed by atoms with Crippen LogP contribution in [0.3, 0.4) is 0 Å². The molecule has 1 aromatic heterocycles. The van der Waals surface area contributed by atoms with Crippen LogP contribution >= 0.6 is 0 Å². The third kappa shape index (κ3) is 8.06. The van der Waals surface area contributed by atoms with Gasteiger partial charge in [0.25, 0.3) is 0 Å². The number of pyridine rings is 1. The Morgan fingerprint density at radius 1 is 1.27 bits per heavy atom. The van der Waals surface area contributed by atoms with E-state index in [1.165, 1.54) is 22.5 Å². The van der Waals surface area contributed by atoms with Gasteiger partial charge in [0.2, 0.25) is 10.0 Å². The van der Waals surface area contributed by atoms with E-state index in [2.05, 4.69) is 0 Å². The van der Waals surface area contributed by atoms with Gasteiger partial charge < -0.3 is 24.9 Å². The fourth-order valence-electron chi connectivity index (χ4n) is 4.13. The van der Waals surface area contributed by atoms with Crippen LogP contribution in [-0.2, 0) is 26.2 Å². The second-order valence-corrected chi connectivity index (χ2v) is 10.9. The first-order valence-electron chi connectivity index (χ1n) is 11.5. The van der Waals surface area contributed by atoms with Crippen LogP contribution in [0.2, 0.25) is 0 Å². The Bertz CT molecular complexity index is 1240. The molecule has 12 heteroatoms. The third-order valence-electron chi connectivity index (χ3n) is 5.75. The number of fused-ring (bicyclic) bond motifs is 1. The molecule has 0 saturated carbocycles. The predicted octanol–water partition coefficient (Wildman–Crippen LogP) is -1.42. The Hall–Kier alpha value is -1.86. The maximum Gasteiger partial charge on any atom is 1.00 e. The molecule has 2 atom stereocenters. The average molecular weight is 545 g/mol. The molecule has 1 aliphatic heterocycles. The minimum atomic E-state index is -3.68. The number of sulfonamides is 1. The number of halogens is 1. The zero-order chi connectivity index (χ0) is 26.6. The number of hydrogen-bond acceptors (Lipinski definition) is 8. The molecule has 1 aliphatic rings. The van der Waals surface area contributed by atoms with Gasteiger partial charge in [-0.25, -0.2) is 17.8 Å². The van der Waals surface area contributed by atoms with Crippen LogP contribution < -0.4 is 39.0 Å². The van der Waals surface area contributed by atoms with Crippen LogP contribution in [0.4, 0.5) is 10.2 Å². The van der Waals surface area contributed by atoms with Gasteiger partial charge in [-0.1, -0.05) is 38.1 Å². The summed E-state index contributed by atoms with van der Waals surface area (Å²) in [5, 5.41) is 31.0. The second-order valence-electron chi connectivity index (χ2n) is 9.03. The number of ether oxygens (including phenoxy) is 1. The van der Waals surface area contributed by atoms with E-state index < -0.39 is 40.4 Å². The van der Waals surface area contributed by atoms with Crippen molar-refractivity contribution >= 4 is 27.9 Å². The van der Waals surface area contributed by atoms with Gasteiger partial charge in [-0.05, 0) is 29.2 Å². The Morgan fingerprint density at radius 3 is 2.49 bits per heavy atom. The van der Waals surface area contributed by atoms with Crippen LogP contribution in [0.5, 0.6) is 0 Å². The first-order valence-corrected chi connectivity index (χ1v) is 13.4. The Balaban J connectivity index is 0.00000481. The molecule has 0 saturated heterocycles. The summed E-state index contributed by atoms with van der Waals surface area (Å²) in [6.07, 6.45) is 0.804. The fraction of sp³-hybridized carbons (Fsp3) is 0.440. The summed E-state index contributed by atoms with van der Waals surface area (Å²) < 4.78 is 45.9. The van der Waals surface area contributed by atoms with Gasteiger partial charge in [0, 0.05) is 29.9 Å². The topological polar surface area (TPSA) is 140 Å². The summed E-state index contributed by atoms with van der Waals surface area (Å²) in [6.45, 7) is 4.08. The van der Waals surface area contributed by atoms with Crippen LogP contribution in [0.25, 0.3) is 17.2 Å². The average Bonchev–Trinajstić information content (AvgIpc) is 2.99. The summed E-state index contributed by atoms with van der Waals surface area (Å²) >= 11 is 0. The SMILES string of the molecule is CC(C)c1nc2c(c(-c3ccc(F)cc3)c1/C=C/[C@@H](O)C[C@@H](O)CC(=O)[O-])COCCN2S(C)(=O)=O.[Na+]. The zero-order valence-electron chi connectivity index (χ0n) is 21.3. The van der Waals surface area contributed by atoms with Gasteiger partial charge >= 0.3 is 29.6 Å². The van der Waals surface area contributed by atoms with E-state index in [9.17, 15) is 32.9 Å². The van der Waals surface area contributed by atoms with Gasteiger partial charge in [-0.3, -0.25) is 4.31 Å². The monoisotopic (exact) mass is 544 g/mol. The smallest absolute Gasteiger partial charge is 0.550 e. The van der Waals surface area contributed by atoms with E-state index in [0.29, 0.717) is 27.9 Å². The molecule has 0 bridgehead atoms. The van der Waals surface area contributed by atoms with E-state index >= 15 is 0 Å². The number of carbonyl (C=O) groups is 1. The number of anilines is 1. The van der Waals surface area contributed by atoms with E-state index in [0.717, 1.165) is 6.26 Å². The van der Waals surface area contributed by atoms with Crippen molar-refractivity contribution in [3.05, 3.63) is 53.0 Å². The van der Waals surface area contributed by atoms with Crippen molar-refractivity contribution in [2.75, 3.05) is 23.7 Å². The van der Waals surface area contributed by atoms with Crippen LogP contribution in [-0.4, -0.2) is 61.2 Å². The number of carbonyl (C=O) groups excluding carboxylic acids is 1. The number of aliphatic hydroxyl groups excluding tert-OH is 2. The van der Waals surface area contributed by atoms with Crippen molar-refractivity contribution < 1.29 is 67.2 Å². The third-order valence-corrected chi connectivity index (χ3v) is 6.90. The number of benzene rings is 1. The van der Waals surface area contributed by atoms with Crippen molar-refractivity contribution in [1.82, 2.24) is 4.98 Å². The quantitative estimate of drug-likeness (QED) is 0.367. The number of hydrogen-bond donors (Lipinski definition) is 2. The van der Waals surface area contributed by atoms with Crippen molar-refractivity contribution in [2.24, 2.45) is 0 Å². The van der Waals surface area contributed by atoms with Gasteiger partial charge in [0.05, 0.1) is 43.9 Å². The van der Waals surface area contributed by atoms with E-state index in [-0.39, 0.29) is 67.5 Å². The molecule has 9 nitrogen and oxygen atoms in total. The molecule has 3 rings (SSSR count). The molecular formula is C25H30FN2NaO7S. The molecule has 0 radical (unpaired) electrons. The van der Waals surface area contributed by atoms with E-state index in [4.69, 9.17) is 9.72 Å². The molecule has 1 aromatic carbocycles. The van der Waals surface area contributed by atoms with Crippen molar-refractivity contribution in [3.8, 4) is 11.1 Å². The standard InChI is InChI=1S/C25H31FN2O7S.Na/c1-15(2)24-20(9-8-18(29)12-19(30)13-22(31)32)23(16-4-6-17(26)7-5-16)21-14-35-11-10-28(25(21)27-24)36(3,33)34;/h4-9,15,18-19,29-30H,10-14H2,1-3H3,(H,31,32);/q;+1/p-1/b9-8+;/t18-,19-;/m1./s1. The number of carboxylic acids is 1. The van der Waals surface area contributed by atoms with Gasteiger partial charge in [0.15, 0.2) is 0 Å². The summed E-state index contributed by atoms with van der Waals surface area (Å²) in [4.78, 5) is 15.4. The maximum atomic E-state index is 13.8. The Morgan fingerprint density at radius 2 is 1.92 bits per heavy atom.